The van der Waals surface area contributed by atoms with Crippen LogP contribution in [0.2, 0.25) is 0 Å². The van der Waals surface area contributed by atoms with E-state index in [4.69, 9.17) is 4.52 Å². The number of rotatable bonds is 11. The van der Waals surface area contributed by atoms with Crippen LogP contribution in [-0.2, 0) is 0 Å². The summed E-state index contributed by atoms with van der Waals surface area (Å²) in [5.41, 5.74) is 0.969. The molecule has 1 heterocycles. The molecule has 0 amide bonds. The SMILES string of the molecule is CCCCN(CCCC)CCNc1nc(-c2ccccc2)no1.Cl. The van der Waals surface area contributed by atoms with Gasteiger partial charge in [-0.2, -0.15) is 4.98 Å². The summed E-state index contributed by atoms with van der Waals surface area (Å²) in [5.74, 6) is 0.627. The van der Waals surface area contributed by atoms with Crippen LogP contribution in [-0.4, -0.2) is 41.2 Å². The van der Waals surface area contributed by atoms with E-state index in [1.165, 1.54) is 25.7 Å². The first-order valence-electron chi connectivity index (χ1n) is 8.68. The van der Waals surface area contributed by atoms with E-state index in [9.17, 15) is 0 Å². The first kappa shape index (κ1) is 20.5. The Kier molecular flexibility index (Phi) is 10.1. The van der Waals surface area contributed by atoms with Crippen LogP contribution in [0.5, 0.6) is 0 Å². The standard InChI is InChI=1S/C18H28N4O.ClH/c1-3-5-13-22(14-6-4-2)15-12-19-18-20-17(21-23-18)16-10-8-7-9-11-16;/h7-11H,3-6,12-15H2,1-2H3,(H,19,20,21);1H. The van der Waals surface area contributed by atoms with E-state index in [0.717, 1.165) is 31.7 Å². The molecule has 0 fully saturated rings. The second kappa shape index (κ2) is 11.9. The van der Waals surface area contributed by atoms with Gasteiger partial charge in [0.2, 0.25) is 5.82 Å². The van der Waals surface area contributed by atoms with E-state index in [1.807, 2.05) is 30.3 Å². The predicted molar refractivity (Wildman–Crippen MR) is 102 cm³/mol. The molecule has 0 aliphatic heterocycles. The highest BCUT2D eigenvalue weighted by atomic mass is 35.5. The zero-order chi connectivity index (χ0) is 16.3. The van der Waals surface area contributed by atoms with Gasteiger partial charge < -0.3 is 14.7 Å². The van der Waals surface area contributed by atoms with Gasteiger partial charge in [0, 0.05) is 18.7 Å². The first-order chi connectivity index (χ1) is 11.3. The monoisotopic (exact) mass is 352 g/mol. The van der Waals surface area contributed by atoms with Gasteiger partial charge in [-0.05, 0) is 25.9 Å². The summed E-state index contributed by atoms with van der Waals surface area (Å²) < 4.78 is 5.27. The molecule has 0 aliphatic rings. The number of unbranched alkanes of at least 4 members (excludes halogenated alkanes) is 2. The first-order valence-corrected chi connectivity index (χ1v) is 8.68. The molecule has 0 saturated carbocycles. The van der Waals surface area contributed by atoms with Crippen LogP contribution in [0.25, 0.3) is 11.4 Å². The molecule has 0 unspecified atom stereocenters. The van der Waals surface area contributed by atoms with E-state index in [2.05, 4.69) is 34.2 Å². The van der Waals surface area contributed by atoms with Gasteiger partial charge in [-0.3, -0.25) is 0 Å². The van der Waals surface area contributed by atoms with Crippen LogP contribution < -0.4 is 5.32 Å². The molecular formula is C18H29ClN4O. The molecule has 0 bridgehead atoms. The van der Waals surface area contributed by atoms with Crippen molar-refractivity contribution in [2.24, 2.45) is 0 Å². The van der Waals surface area contributed by atoms with Crippen molar-refractivity contribution in [3.05, 3.63) is 30.3 Å². The van der Waals surface area contributed by atoms with E-state index in [-0.39, 0.29) is 12.4 Å². The van der Waals surface area contributed by atoms with Crippen LogP contribution in [0, 0.1) is 0 Å². The maximum atomic E-state index is 5.27. The Hall–Kier alpha value is -1.59. The molecule has 1 aromatic heterocycles. The molecule has 0 aliphatic carbocycles. The molecule has 0 spiro atoms. The smallest absolute Gasteiger partial charge is 0.321 e. The third-order valence-corrected chi connectivity index (χ3v) is 3.82. The minimum Gasteiger partial charge on any atom is -0.336 e. The van der Waals surface area contributed by atoms with Crippen molar-refractivity contribution >= 4 is 18.4 Å². The summed E-state index contributed by atoms with van der Waals surface area (Å²) in [5, 5.41) is 7.26. The van der Waals surface area contributed by atoms with Gasteiger partial charge >= 0.3 is 6.01 Å². The molecule has 1 aromatic carbocycles. The van der Waals surface area contributed by atoms with Gasteiger partial charge in [-0.25, -0.2) is 0 Å². The molecule has 2 aromatic rings. The van der Waals surface area contributed by atoms with Gasteiger partial charge in [-0.1, -0.05) is 62.2 Å². The average Bonchev–Trinajstić information content (AvgIpc) is 3.06. The Labute approximate surface area is 151 Å². The Morgan fingerprint density at radius 3 is 2.29 bits per heavy atom. The molecule has 6 heteroatoms. The van der Waals surface area contributed by atoms with Gasteiger partial charge in [-0.15, -0.1) is 12.4 Å². The quantitative estimate of drug-likeness (QED) is 0.646. The van der Waals surface area contributed by atoms with Crippen LogP contribution in [0.4, 0.5) is 6.01 Å². The minimum atomic E-state index is 0. The van der Waals surface area contributed by atoms with Crippen molar-refractivity contribution < 1.29 is 4.52 Å². The fourth-order valence-corrected chi connectivity index (χ4v) is 2.42. The summed E-state index contributed by atoms with van der Waals surface area (Å²) in [6.45, 7) is 8.63. The van der Waals surface area contributed by atoms with Gasteiger partial charge in [0.1, 0.15) is 0 Å². The summed E-state index contributed by atoms with van der Waals surface area (Å²) in [7, 11) is 0. The number of anilines is 1. The maximum Gasteiger partial charge on any atom is 0.321 e. The molecule has 5 nitrogen and oxygen atoms in total. The van der Waals surface area contributed by atoms with E-state index < -0.39 is 0 Å². The third kappa shape index (κ3) is 6.89. The van der Waals surface area contributed by atoms with Gasteiger partial charge in [0.05, 0.1) is 0 Å². The van der Waals surface area contributed by atoms with Crippen LogP contribution in [0.1, 0.15) is 39.5 Å². The zero-order valence-corrected chi connectivity index (χ0v) is 15.5. The summed E-state index contributed by atoms with van der Waals surface area (Å²) in [4.78, 5) is 6.90. The Morgan fingerprint density at radius 1 is 1.00 bits per heavy atom. The van der Waals surface area contributed by atoms with Crippen molar-refractivity contribution in [1.82, 2.24) is 15.0 Å². The summed E-state index contributed by atoms with van der Waals surface area (Å²) in [6, 6.07) is 10.4. The predicted octanol–water partition coefficient (Wildman–Crippen LogP) is 4.47. The topological polar surface area (TPSA) is 54.2 Å². The van der Waals surface area contributed by atoms with Crippen LogP contribution in [0.3, 0.4) is 0 Å². The molecule has 2 rings (SSSR count). The van der Waals surface area contributed by atoms with Crippen LogP contribution in [0.15, 0.2) is 34.9 Å². The maximum absolute atomic E-state index is 5.27. The Morgan fingerprint density at radius 2 is 1.67 bits per heavy atom. The third-order valence-electron chi connectivity index (χ3n) is 3.82. The number of aromatic nitrogens is 2. The van der Waals surface area contributed by atoms with Gasteiger partial charge in [0.15, 0.2) is 0 Å². The lowest BCUT2D eigenvalue weighted by Crippen LogP contribution is -2.31. The van der Waals surface area contributed by atoms with E-state index in [0.29, 0.717) is 11.8 Å². The van der Waals surface area contributed by atoms with Crippen molar-refractivity contribution in [2.45, 2.75) is 39.5 Å². The van der Waals surface area contributed by atoms with Crippen LogP contribution >= 0.6 is 12.4 Å². The molecule has 24 heavy (non-hydrogen) atoms. The molecule has 1 N–H and O–H groups in total. The number of hydrogen-bond donors (Lipinski definition) is 1. The number of hydrogen-bond acceptors (Lipinski definition) is 5. The molecule has 0 saturated heterocycles. The summed E-state index contributed by atoms with van der Waals surface area (Å²) >= 11 is 0. The van der Waals surface area contributed by atoms with Crippen molar-refractivity contribution in [3.8, 4) is 11.4 Å². The Bertz CT molecular complexity index is 539. The highest BCUT2D eigenvalue weighted by Gasteiger charge is 2.08. The Balaban J connectivity index is 0.00000288. The average molecular weight is 353 g/mol. The fraction of sp³-hybridized carbons (Fsp3) is 0.556. The minimum absolute atomic E-state index is 0. The second-order valence-corrected chi connectivity index (χ2v) is 5.76. The van der Waals surface area contributed by atoms with E-state index in [1.54, 1.807) is 0 Å². The molecule has 134 valence electrons. The lowest BCUT2D eigenvalue weighted by atomic mass is 10.2. The zero-order valence-electron chi connectivity index (χ0n) is 14.7. The van der Waals surface area contributed by atoms with Crippen molar-refractivity contribution in [2.75, 3.05) is 31.5 Å². The molecular weight excluding hydrogens is 324 g/mol. The lowest BCUT2D eigenvalue weighted by molar-refractivity contribution is 0.274. The number of benzene rings is 1. The second-order valence-electron chi connectivity index (χ2n) is 5.76. The summed E-state index contributed by atoms with van der Waals surface area (Å²) in [6.07, 6.45) is 4.98. The normalized spacial score (nSPS) is 10.6. The molecule has 0 radical (unpaired) electrons. The van der Waals surface area contributed by atoms with Gasteiger partial charge in [0.25, 0.3) is 0 Å². The fourth-order valence-electron chi connectivity index (χ4n) is 2.42. The highest BCUT2D eigenvalue weighted by Crippen LogP contribution is 2.16. The van der Waals surface area contributed by atoms with Crippen molar-refractivity contribution in [1.29, 1.82) is 0 Å². The highest BCUT2D eigenvalue weighted by molar-refractivity contribution is 5.85. The largest absolute Gasteiger partial charge is 0.336 e. The number of halogens is 1. The number of nitrogens with one attached hydrogen (secondary N) is 1. The number of nitrogens with zero attached hydrogens (tertiary/aromatic N) is 3. The molecule has 0 atom stereocenters. The lowest BCUT2D eigenvalue weighted by Gasteiger charge is -2.21. The van der Waals surface area contributed by atoms with E-state index >= 15 is 0 Å². The van der Waals surface area contributed by atoms with Crippen molar-refractivity contribution in [3.63, 3.8) is 0 Å².